The number of aromatic hydroxyl groups is 1. The number of rotatable bonds is 8. The average Bonchev–Trinajstić information content (AvgIpc) is 3.13. The first-order valence-corrected chi connectivity index (χ1v) is 12.0. The van der Waals surface area contributed by atoms with Gasteiger partial charge in [0.15, 0.2) is 0 Å². The second-order valence-corrected chi connectivity index (χ2v) is 10.6. The average molecular weight is 442 g/mol. The van der Waals surface area contributed by atoms with Gasteiger partial charge in [0.25, 0.3) is 5.91 Å². The SMILES string of the molecule is CC1(C)C2CC(C/C=C\CCCC(=O)O)C(NC(=O)c3csc4ccc(O)cc34)C1C2. The number of hydrogen-bond acceptors (Lipinski definition) is 4. The van der Waals surface area contributed by atoms with E-state index in [4.69, 9.17) is 5.11 Å². The number of hydrogen-bond donors (Lipinski definition) is 3. The molecule has 2 aromatic rings. The summed E-state index contributed by atoms with van der Waals surface area (Å²) in [6.45, 7) is 4.64. The largest absolute Gasteiger partial charge is 0.508 e. The third-order valence-corrected chi connectivity index (χ3v) is 8.50. The molecule has 0 radical (unpaired) electrons. The van der Waals surface area contributed by atoms with Crippen molar-refractivity contribution >= 4 is 33.3 Å². The molecule has 166 valence electrons. The van der Waals surface area contributed by atoms with Gasteiger partial charge in [0, 0.05) is 27.9 Å². The van der Waals surface area contributed by atoms with Crippen LogP contribution in [-0.2, 0) is 4.79 Å². The Morgan fingerprint density at radius 3 is 2.81 bits per heavy atom. The molecule has 5 rings (SSSR count). The van der Waals surface area contributed by atoms with Crippen LogP contribution in [-0.4, -0.2) is 28.1 Å². The van der Waals surface area contributed by atoms with Crippen LogP contribution in [0, 0.1) is 23.2 Å². The highest BCUT2D eigenvalue weighted by Gasteiger charge is 2.57. The summed E-state index contributed by atoms with van der Waals surface area (Å²) in [6.07, 6.45) is 9.08. The highest BCUT2D eigenvalue weighted by molar-refractivity contribution is 7.17. The van der Waals surface area contributed by atoms with Crippen LogP contribution in [0.3, 0.4) is 0 Å². The Bertz CT molecular complexity index is 1010. The van der Waals surface area contributed by atoms with E-state index in [2.05, 4.69) is 31.3 Å². The molecule has 3 N–H and O–H groups in total. The lowest BCUT2D eigenvalue weighted by molar-refractivity contribution is -0.137. The first-order chi connectivity index (χ1) is 14.8. The molecular formula is C25H31NO4S. The number of carboxylic acids is 1. The van der Waals surface area contributed by atoms with E-state index in [0.717, 1.165) is 29.3 Å². The minimum atomic E-state index is -0.750. The van der Waals surface area contributed by atoms with Crippen LogP contribution in [0.4, 0.5) is 0 Å². The van der Waals surface area contributed by atoms with Gasteiger partial charge in [-0.05, 0) is 73.5 Å². The monoisotopic (exact) mass is 441 g/mol. The lowest BCUT2D eigenvalue weighted by atomic mass is 9.44. The zero-order chi connectivity index (χ0) is 22.2. The first kappa shape index (κ1) is 21.9. The molecule has 0 spiro atoms. The van der Waals surface area contributed by atoms with Crippen molar-refractivity contribution in [3.8, 4) is 5.75 Å². The number of carbonyl (C=O) groups is 2. The number of amides is 1. The van der Waals surface area contributed by atoms with Crippen molar-refractivity contribution in [2.24, 2.45) is 23.2 Å². The zero-order valence-corrected chi connectivity index (χ0v) is 19.0. The molecule has 6 heteroatoms. The Hall–Kier alpha value is -2.34. The Morgan fingerprint density at radius 1 is 1.26 bits per heavy atom. The zero-order valence-electron chi connectivity index (χ0n) is 18.1. The minimum Gasteiger partial charge on any atom is -0.508 e. The van der Waals surface area contributed by atoms with Crippen LogP contribution in [0.1, 0.15) is 62.7 Å². The van der Waals surface area contributed by atoms with Gasteiger partial charge >= 0.3 is 5.97 Å². The third-order valence-electron chi connectivity index (χ3n) is 7.54. The Balaban J connectivity index is 1.46. The molecule has 31 heavy (non-hydrogen) atoms. The first-order valence-electron chi connectivity index (χ1n) is 11.1. The molecule has 5 nitrogen and oxygen atoms in total. The summed E-state index contributed by atoms with van der Waals surface area (Å²) in [5.74, 6) is 0.939. The summed E-state index contributed by atoms with van der Waals surface area (Å²) in [5, 5.41) is 24.7. The van der Waals surface area contributed by atoms with E-state index in [0.29, 0.717) is 29.7 Å². The van der Waals surface area contributed by atoms with Crippen LogP contribution >= 0.6 is 11.3 Å². The smallest absolute Gasteiger partial charge is 0.303 e. The van der Waals surface area contributed by atoms with E-state index in [1.807, 2.05) is 11.4 Å². The quantitative estimate of drug-likeness (QED) is 0.368. The van der Waals surface area contributed by atoms with Crippen LogP contribution in [0.25, 0.3) is 10.1 Å². The number of carboxylic acid groups (broad SMARTS) is 1. The molecule has 3 aliphatic rings. The number of phenolic OH excluding ortho intramolecular Hbond substituents is 1. The van der Waals surface area contributed by atoms with Crippen molar-refractivity contribution in [1.82, 2.24) is 5.32 Å². The number of nitrogens with one attached hydrogen (secondary N) is 1. The molecule has 3 fully saturated rings. The highest BCUT2D eigenvalue weighted by atomic mass is 32.1. The number of unbranched alkanes of at least 4 members (excludes halogenated alkanes) is 1. The Morgan fingerprint density at radius 2 is 2.06 bits per heavy atom. The second kappa shape index (κ2) is 8.65. The van der Waals surface area contributed by atoms with Crippen LogP contribution < -0.4 is 5.32 Å². The highest BCUT2D eigenvalue weighted by Crippen LogP contribution is 2.61. The van der Waals surface area contributed by atoms with Crippen LogP contribution in [0.15, 0.2) is 35.7 Å². The molecule has 0 saturated heterocycles. The van der Waals surface area contributed by atoms with Crippen molar-refractivity contribution in [2.75, 3.05) is 0 Å². The topological polar surface area (TPSA) is 86.6 Å². The maximum Gasteiger partial charge on any atom is 0.303 e. The number of thiophene rings is 1. The van der Waals surface area contributed by atoms with Gasteiger partial charge in [-0.2, -0.15) is 0 Å². The number of phenols is 1. The van der Waals surface area contributed by atoms with Gasteiger partial charge in [-0.25, -0.2) is 0 Å². The van der Waals surface area contributed by atoms with E-state index in [9.17, 15) is 14.7 Å². The standard InChI is InChI=1S/C25H31NO4S/c1-25(2)16-11-15(7-5-3-4-6-8-22(28)29)23(20(25)12-16)26-24(30)19-14-31-21-10-9-17(27)13-18(19)21/h3,5,9-10,13-16,20,23,27H,4,6-8,11-12H2,1-2H3,(H,26,30)(H,28,29)/b5-3-. The lowest BCUT2D eigenvalue weighted by Crippen LogP contribution is -2.63. The molecule has 2 bridgehead atoms. The maximum absolute atomic E-state index is 13.2. The number of benzene rings is 1. The van der Waals surface area contributed by atoms with Gasteiger partial charge in [0.05, 0.1) is 5.56 Å². The predicted molar refractivity (Wildman–Crippen MR) is 123 cm³/mol. The van der Waals surface area contributed by atoms with E-state index in [1.165, 1.54) is 17.8 Å². The molecule has 4 unspecified atom stereocenters. The van der Waals surface area contributed by atoms with Gasteiger partial charge in [0.2, 0.25) is 0 Å². The summed E-state index contributed by atoms with van der Waals surface area (Å²) >= 11 is 1.52. The van der Waals surface area contributed by atoms with E-state index >= 15 is 0 Å². The van der Waals surface area contributed by atoms with Crippen molar-refractivity contribution in [3.05, 3.63) is 41.3 Å². The fourth-order valence-corrected chi connectivity index (χ4v) is 6.47. The summed E-state index contributed by atoms with van der Waals surface area (Å²) in [5.41, 5.74) is 0.882. The molecule has 1 amide bonds. The van der Waals surface area contributed by atoms with Gasteiger partial charge < -0.3 is 15.5 Å². The van der Waals surface area contributed by atoms with Gasteiger partial charge in [0.1, 0.15) is 5.75 Å². The molecule has 1 aromatic carbocycles. The minimum absolute atomic E-state index is 0.0570. The lowest BCUT2D eigenvalue weighted by Gasteiger charge is -2.62. The normalized spacial score (nSPS) is 26.6. The second-order valence-electron chi connectivity index (χ2n) is 9.68. The number of aliphatic carboxylic acids is 1. The molecule has 3 saturated carbocycles. The van der Waals surface area contributed by atoms with Gasteiger partial charge in [-0.1, -0.05) is 26.0 Å². The predicted octanol–water partition coefficient (Wildman–Crippen LogP) is 5.59. The van der Waals surface area contributed by atoms with Gasteiger partial charge in [-0.15, -0.1) is 11.3 Å². The fraction of sp³-hybridized carbons (Fsp3) is 0.520. The molecular weight excluding hydrogens is 410 g/mol. The van der Waals surface area contributed by atoms with Crippen molar-refractivity contribution in [1.29, 1.82) is 0 Å². The molecule has 1 heterocycles. The van der Waals surface area contributed by atoms with Crippen LogP contribution in [0.5, 0.6) is 5.75 Å². The molecule has 4 atom stereocenters. The molecule has 3 aliphatic carbocycles. The maximum atomic E-state index is 13.2. The Kier molecular flexibility index (Phi) is 6.11. The summed E-state index contributed by atoms with van der Waals surface area (Å²) in [6, 6.07) is 5.30. The third kappa shape index (κ3) is 4.36. The van der Waals surface area contributed by atoms with Crippen molar-refractivity contribution in [3.63, 3.8) is 0 Å². The summed E-state index contributed by atoms with van der Waals surface area (Å²) in [4.78, 5) is 23.9. The molecule has 1 aromatic heterocycles. The summed E-state index contributed by atoms with van der Waals surface area (Å²) in [7, 11) is 0. The van der Waals surface area contributed by atoms with Crippen molar-refractivity contribution < 1.29 is 19.8 Å². The Labute approximate surface area is 187 Å². The van der Waals surface area contributed by atoms with Crippen LogP contribution in [0.2, 0.25) is 0 Å². The number of allylic oxidation sites excluding steroid dienone is 2. The van der Waals surface area contributed by atoms with E-state index in [1.54, 1.807) is 12.1 Å². The van der Waals surface area contributed by atoms with Crippen molar-refractivity contribution in [2.45, 2.75) is 58.4 Å². The summed E-state index contributed by atoms with van der Waals surface area (Å²) < 4.78 is 0.997. The van der Waals surface area contributed by atoms with E-state index < -0.39 is 5.97 Å². The van der Waals surface area contributed by atoms with E-state index in [-0.39, 0.29) is 29.5 Å². The fourth-order valence-electron chi connectivity index (χ4n) is 5.55. The van der Waals surface area contributed by atoms with Gasteiger partial charge in [-0.3, -0.25) is 9.59 Å². The number of fused-ring (bicyclic) bond motifs is 3. The molecule has 0 aliphatic heterocycles. The number of carbonyl (C=O) groups excluding carboxylic acids is 1.